The third kappa shape index (κ3) is 2.72. The number of aromatic carboxylic acids is 1. The van der Waals surface area contributed by atoms with Crippen LogP contribution < -0.4 is 5.32 Å². The number of rotatable bonds is 3. The summed E-state index contributed by atoms with van der Waals surface area (Å²) in [5.41, 5.74) is 0.202. The Balaban J connectivity index is 2.17. The molecular weight excluding hydrogens is 294 g/mol. The molecule has 5 heteroatoms. The van der Waals surface area contributed by atoms with Gasteiger partial charge < -0.3 is 15.5 Å². The van der Waals surface area contributed by atoms with Gasteiger partial charge in [-0.25, -0.2) is 4.79 Å². The Morgan fingerprint density at radius 1 is 0.913 bits per heavy atom. The van der Waals surface area contributed by atoms with Crippen LogP contribution >= 0.6 is 0 Å². The van der Waals surface area contributed by atoms with Crippen molar-refractivity contribution in [3.63, 3.8) is 0 Å². The number of nitrogens with one attached hydrogen (secondary N) is 1. The Kier molecular flexibility index (Phi) is 3.68. The number of anilines is 1. The SMILES string of the molecule is O=C(O)c1cc2ccccc2c(C(=O)Nc2ccccc2)c1O. The topological polar surface area (TPSA) is 86.6 Å². The lowest BCUT2D eigenvalue weighted by molar-refractivity contribution is 0.0694. The zero-order valence-electron chi connectivity index (χ0n) is 12.0. The second-order valence-corrected chi connectivity index (χ2v) is 4.99. The predicted octanol–water partition coefficient (Wildman–Crippen LogP) is 3.50. The number of carboxylic acid groups (broad SMARTS) is 1. The molecule has 0 spiro atoms. The van der Waals surface area contributed by atoms with Gasteiger partial charge in [-0.1, -0.05) is 42.5 Å². The van der Waals surface area contributed by atoms with Gasteiger partial charge in [-0.15, -0.1) is 0 Å². The molecule has 0 unspecified atom stereocenters. The number of hydrogen-bond donors (Lipinski definition) is 3. The summed E-state index contributed by atoms with van der Waals surface area (Å²) < 4.78 is 0. The van der Waals surface area contributed by atoms with E-state index in [-0.39, 0.29) is 11.1 Å². The molecule has 1 amide bonds. The van der Waals surface area contributed by atoms with E-state index >= 15 is 0 Å². The van der Waals surface area contributed by atoms with Crippen LogP contribution in [0.25, 0.3) is 10.8 Å². The van der Waals surface area contributed by atoms with Crippen LogP contribution in [-0.4, -0.2) is 22.1 Å². The van der Waals surface area contributed by atoms with Crippen LogP contribution in [0.5, 0.6) is 5.75 Å². The molecule has 0 fully saturated rings. The number of para-hydroxylation sites is 1. The van der Waals surface area contributed by atoms with Crippen molar-refractivity contribution in [3.8, 4) is 5.75 Å². The van der Waals surface area contributed by atoms with Crippen molar-refractivity contribution >= 4 is 28.3 Å². The molecule has 3 aromatic rings. The van der Waals surface area contributed by atoms with Crippen LogP contribution in [0.2, 0.25) is 0 Å². The Bertz CT molecular complexity index is 904. The number of carbonyl (C=O) groups is 2. The zero-order valence-corrected chi connectivity index (χ0v) is 12.0. The molecule has 0 radical (unpaired) electrons. The molecule has 0 aliphatic carbocycles. The fraction of sp³-hybridized carbons (Fsp3) is 0. The number of carbonyl (C=O) groups excluding carboxylic acids is 1. The van der Waals surface area contributed by atoms with Crippen molar-refractivity contribution in [2.75, 3.05) is 5.32 Å². The van der Waals surface area contributed by atoms with Gasteiger partial charge >= 0.3 is 5.97 Å². The molecule has 114 valence electrons. The van der Waals surface area contributed by atoms with Crippen molar-refractivity contribution in [3.05, 3.63) is 71.8 Å². The summed E-state index contributed by atoms with van der Waals surface area (Å²) >= 11 is 0. The molecule has 3 aromatic carbocycles. The minimum Gasteiger partial charge on any atom is -0.506 e. The lowest BCUT2D eigenvalue weighted by Crippen LogP contribution is -2.14. The van der Waals surface area contributed by atoms with E-state index < -0.39 is 17.6 Å². The molecule has 0 bridgehead atoms. The van der Waals surface area contributed by atoms with Crippen LogP contribution in [0.3, 0.4) is 0 Å². The first-order valence-electron chi connectivity index (χ1n) is 6.92. The number of benzene rings is 3. The number of carboxylic acids is 1. The van der Waals surface area contributed by atoms with Gasteiger partial charge in [-0.3, -0.25) is 4.79 Å². The van der Waals surface area contributed by atoms with E-state index in [0.29, 0.717) is 16.5 Å². The highest BCUT2D eigenvalue weighted by Crippen LogP contribution is 2.32. The summed E-state index contributed by atoms with van der Waals surface area (Å²) in [7, 11) is 0. The predicted molar refractivity (Wildman–Crippen MR) is 87.0 cm³/mol. The second-order valence-electron chi connectivity index (χ2n) is 4.99. The van der Waals surface area contributed by atoms with E-state index in [9.17, 15) is 19.8 Å². The minimum atomic E-state index is -1.29. The van der Waals surface area contributed by atoms with Gasteiger partial charge in [0.1, 0.15) is 11.3 Å². The fourth-order valence-corrected chi connectivity index (χ4v) is 2.44. The lowest BCUT2D eigenvalue weighted by atomic mass is 9.98. The average molecular weight is 307 g/mol. The number of amides is 1. The molecule has 0 heterocycles. The van der Waals surface area contributed by atoms with Crippen LogP contribution in [0.1, 0.15) is 20.7 Å². The average Bonchev–Trinajstić information content (AvgIpc) is 2.54. The van der Waals surface area contributed by atoms with Crippen LogP contribution in [-0.2, 0) is 0 Å². The summed E-state index contributed by atoms with van der Waals surface area (Å²) in [5, 5.41) is 23.2. The van der Waals surface area contributed by atoms with E-state index in [1.54, 1.807) is 48.5 Å². The maximum Gasteiger partial charge on any atom is 0.339 e. The van der Waals surface area contributed by atoms with E-state index in [2.05, 4.69) is 5.32 Å². The molecule has 0 aliphatic heterocycles. The first kappa shape index (κ1) is 14.6. The summed E-state index contributed by atoms with van der Waals surface area (Å²) in [5.74, 6) is -2.39. The van der Waals surface area contributed by atoms with E-state index in [4.69, 9.17) is 0 Å². The first-order valence-corrected chi connectivity index (χ1v) is 6.92. The van der Waals surface area contributed by atoms with Gasteiger partial charge in [0.2, 0.25) is 0 Å². The van der Waals surface area contributed by atoms with Crippen molar-refractivity contribution in [1.82, 2.24) is 0 Å². The highest BCUT2D eigenvalue weighted by Gasteiger charge is 2.22. The van der Waals surface area contributed by atoms with Gasteiger partial charge in [-0.2, -0.15) is 0 Å². The number of hydrogen-bond acceptors (Lipinski definition) is 3. The Labute approximate surface area is 131 Å². The molecule has 0 saturated heterocycles. The summed E-state index contributed by atoms with van der Waals surface area (Å²) in [6.45, 7) is 0. The standard InChI is InChI=1S/C18H13NO4/c20-16-14(18(22)23)10-11-6-4-5-9-13(11)15(16)17(21)19-12-7-2-1-3-8-12/h1-10,20H,(H,19,21)(H,22,23). The highest BCUT2D eigenvalue weighted by atomic mass is 16.4. The fourth-order valence-electron chi connectivity index (χ4n) is 2.44. The van der Waals surface area contributed by atoms with Crippen LogP contribution in [0, 0.1) is 0 Å². The summed E-state index contributed by atoms with van der Waals surface area (Å²) in [6.07, 6.45) is 0. The van der Waals surface area contributed by atoms with E-state index in [1.165, 1.54) is 6.07 Å². The Morgan fingerprint density at radius 3 is 2.26 bits per heavy atom. The van der Waals surface area contributed by atoms with Crippen molar-refractivity contribution in [2.24, 2.45) is 0 Å². The Morgan fingerprint density at radius 2 is 1.57 bits per heavy atom. The van der Waals surface area contributed by atoms with E-state index in [1.807, 2.05) is 6.07 Å². The van der Waals surface area contributed by atoms with Gasteiger partial charge in [0, 0.05) is 5.69 Å². The first-order chi connectivity index (χ1) is 11.1. The quantitative estimate of drug-likeness (QED) is 0.691. The molecule has 0 atom stereocenters. The van der Waals surface area contributed by atoms with E-state index in [0.717, 1.165) is 0 Å². The second kappa shape index (κ2) is 5.81. The van der Waals surface area contributed by atoms with Crippen molar-refractivity contribution < 1.29 is 19.8 Å². The van der Waals surface area contributed by atoms with Gasteiger partial charge in [0.05, 0.1) is 5.56 Å². The largest absolute Gasteiger partial charge is 0.506 e. The van der Waals surface area contributed by atoms with Gasteiger partial charge in [0.15, 0.2) is 0 Å². The monoisotopic (exact) mass is 307 g/mol. The molecule has 3 N–H and O–H groups in total. The summed E-state index contributed by atoms with van der Waals surface area (Å²) in [6, 6.07) is 16.9. The van der Waals surface area contributed by atoms with Crippen LogP contribution in [0.4, 0.5) is 5.69 Å². The van der Waals surface area contributed by atoms with Crippen molar-refractivity contribution in [1.29, 1.82) is 0 Å². The molecule has 0 aromatic heterocycles. The molecule has 0 saturated carbocycles. The highest BCUT2D eigenvalue weighted by molar-refractivity contribution is 6.17. The normalized spacial score (nSPS) is 10.4. The zero-order chi connectivity index (χ0) is 16.4. The number of fused-ring (bicyclic) bond motifs is 1. The maximum atomic E-state index is 12.6. The Hall–Kier alpha value is -3.34. The molecule has 3 rings (SSSR count). The third-order valence-electron chi connectivity index (χ3n) is 3.51. The number of phenols is 1. The lowest BCUT2D eigenvalue weighted by Gasteiger charge is -2.12. The van der Waals surface area contributed by atoms with Crippen LogP contribution in [0.15, 0.2) is 60.7 Å². The maximum absolute atomic E-state index is 12.6. The third-order valence-corrected chi connectivity index (χ3v) is 3.51. The van der Waals surface area contributed by atoms with Crippen molar-refractivity contribution in [2.45, 2.75) is 0 Å². The molecule has 5 nitrogen and oxygen atoms in total. The minimum absolute atomic E-state index is 0.0515. The van der Waals surface area contributed by atoms with Gasteiger partial charge in [-0.05, 0) is 29.0 Å². The molecule has 23 heavy (non-hydrogen) atoms. The number of aromatic hydroxyl groups is 1. The molecular formula is C18H13NO4. The smallest absolute Gasteiger partial charge is 0.339 e. The molecule has 0 aliphatic rings. The van der Waals surface area contributed by atoms with Gasteiger partial charge in [0.25, 0.3) is 5.91 Å². The summed E-state index contributed by atoms with van der Waals surface area (Å²) in [4.78, 5) is 23.9.